The van der Waals surface area contributed by atoms with Crippen LogP contribution < -0.4 is 0 Å². The van der Waals surface area contributed by atoms with Crippen molar-refractivity contribution in [1.82, 2.24) is 4.90 Å². The van der Waals surface area contributed by atoms with Crippen LogP contribution in [0.4, 0.5) is 0 Å². The molecule has 1 heterocycles. The van der Waals surface area contributed by atoms with Gasteiger partial charge in [-0.1, -0.05) is 6.42 Å². The van der Waals surface area contributed by atoms with Gasteiger partial charge in [-0.05, 0) is 31.1 Å². The third-order valence-electron chi connectivity index (χ3n) is 4.74. The van der Waals surface area contributed by atoms with E-state index in [4.69, 9.17) is 9.84 Å². The number of morpholine rings is 1. The maximum atomic E-state index is 10.7. The fourth-order valence-corrected chi connectivity index (χ4v) is 4.02. The zero-order valence-electron chi connectivity index (χ0n) is 10.2. The predicted octanol–water partition coefficient (Wildman–Crippen LogP) is 1.35. The Kier molecular flexibility index (Phi) is 3.09. The predicted molar refractivity (Wildman–Crippen MR) is 62.8 cm³/mol. The lowest BCUT2D eigenvalue weighted by molar-refractivity contribution is -0.142. The zero-order chi connectivity index (χ0) is 11.8. The maximum absolute atomic E-state index is 10.7. The molecule has 4 unspecified atom stereocenters. The molecule has 3 fully saturated rings. The van der Waals surface area contributed by atoms with Crippen molar-refractivity contribution in [2.24, 2.45) is 11.8 Å². The number of hydrogen-bond acceptors (Lipinski definition) is 3. The van der Waals surface area contributed by atoms with E-state index in [9.17, 15) is 4.79 Å². The number of carboxylic acid groups (broad SMARTS) is 1. The van der Waals surface area contributed by atoms with Gasteiger partial charge in [-0.25, -0.2) is 0 Å². The van der Waals surface area contributed by atoms with Crippen LogP contribution >= 0.6 is 0 Å². The molecule has 17 heavy (non-hydrogen) atoms. The Morgan fingerprint density at radius 2 is 2.24 bits per heavy atom. The normalized spacial score (nSPS) is 41.9. The molecule has 4 atom stereocenters. The van der Waals surface area contributed by atoms with Gasteiger partial charge < -0.3 is 9.84 Å². The average molecular weight is 239 g/mol. The third kappa shape index (κ3) is 2.33. The number of rotatable bonds is 3. The monoisotopic (exact) mass is 239 g/mol. The lowest BCUT2D eigenvalue weighted by Gasteiger charge is -2.39. The van der Waals surface area contributed by atoms with Crippen molar-refractivity contribution < 1.29 is 14.6 Å². The first-order chi connectivity index (χ1) is 8.22. The molecule has 96 valence electrons. The van der Waals surface area contributed by atoms with E-state index in [0.717, 1.165) is 24.9 Å². The molecular weight excluding hydrogens is 218 g/mol. The summed E-state index contributed by atoms with van der Waals surface area (Å²) in [5, 5.41) is 8.82. The van der Waals surface area contributed by atoms with Crippen LogP contribution in [-0.4, -0.2) is 47.8 Å². The third-order valence-corrected chi connectivity index (χ3v) is 4.74. The number of ether oxygens (including phenoxy) is 1. The summed E-state index contributed by atoms with van der Waals surface area (Å²) in [5.74, 6) is 1.08. The molecular formula is C13H21NO3. The Hall–Kier alpha value is -0.610. The lowest BCUT2D eigenvalue weighted by atomic mass is 9.93. The molecule has 0 spiro atoms. The molecule has 2 saturated carbocycles. The van der Waals surface area contributed by atoms with Gasteiger partial charge in [0.2, 0.25) is 0 Å². The van der Waals surface area contributed by atoms with Crippen molar-refractivity contribution >= 4 is 5.97 Å². The van der Waals surface area contributed by atoms with E-state index in [1.165, 1.54) is 25.7 Å². The van der Waals surface area contributed by atoms with E-state index in [1.54, 1.807) is 0 Å². The van der Waals surface area contributed by atoms with E-state index in [0.29, 0.717) is 12.6 Å². The minimum Gasteiger partial charge on any atom is -0.481 e. The highest BCUT2D eigenvalue weighted by Crippen LogP contribution is 2.46. The lowest BCUT2D eigenvalue weighted by Crippen LogP contribution is -2.49. The summed E-state index contributed by atoms with van der Waals surface area (Å²) < 4.78 is 5.54. The quantitative estimate of drug-likeness (QED) is 0.807. The second kappa shape index (κ2) is 4.58. The molecule has 0 aromatic heterocycles. The highest BCUT2D eigenvalue weighted by Gasteiger charge is 2.43. The van der Waals surface area contributed by atoms with Gasteiger partial charge in [0, 0.05) is 19.1 Å². The summed E-state index contributed by atoms with van der Waals surface area (Å²) >= 11 is 0. The number of aliphatic carboxylic acids is 1. The molecule has 1 aliphatic heterocycles. The second-order valence-electron chi connectivity index (χ2n) is 5.83. The smallest absolute Gasteiger partial charge is 0.306 e. The van der Waals surface area contributed by atoms with Crippen molar-refractivity contribution in [1.29, 1.82) is 0 Å². The molecule has 3 aliphatic rings. The van der Waals surface area contributed by atoms with Gasteiger partial charge in [0.05, 0.1) is 19.1 Å². The summed E-state index contributed by atoms with van der Waals surface area (Å²) in [6, 6.07) is 0.717. The van der Waals surface area contributed by atoms with Crippen LogP contribution in [-0.2, 0) is 9.53 Å². The Balaban J connectivity index is 1.58. The van der Waals surface area contributed by atoms with Crippen LogP contribution in [0, 0.1) is 11.8 Å². The molecule has 1 N–H and O–H groups in total. The topological polar surface area (TPSA) is 49.8 Å². The van der Waals surface area contributed by atoms with Gasteiger partial charge in [0.25, 0.3) is 0 Å². The number of fused-ring (bicyclic) bond motifs is 2. The van der Waals surface area contributed by atoms with Crippen molar-refractivity contribution in [3.05, 3.63) is 0 Å². The first-order valence-electron chi connectivity index (χ1n) is 6.80. The van der Waals surface area contributed by atoms with Gasteiger partial charge in [0.15, 0.2) is 0 Å². The van der Waals surface area contributed by atoms with E-state index in [-0.39, 0.29) is 12.5 Å². The fraction of sp³-hybridized carbons (Fsp3) is 0.923. The van der Waals surface area contributed by atoms with Crippen LogP contribution in [0.1, 0.15) is 32.1 Å². The van der Waals surface area contributed by atoms with Gasteiger partial charge >= 0.3 is 5.97 Å². The molecule has 0 amide bonds. The summed E-state index contributed by atoms with van der Waals surface area (Å²) in [7, 11) is 0. The minimum atomic E-state index is -0.746. The van der Waals surface area contributed by atoms with Crippen molar-refractivity contribution in [2.75, 3.05) is 19.7 Å². The molecule has 1 saturated heterocycles. The van der Waals surface area contributed by atoms with Crippen molar-refractivity contribution in [2.45, 2.75) is 44.2 Å². The van der Waals surface area contributed by atoms with Crippen LogP contribution in [0.15, 0.2) is 0 Å². The second-order valence-corrected chi connectivity index (χ2v) is 5.83. The standard InChI is InChI=1S/C13H21NO3/c15-13(16)7-11-8-14(3-4-17-11)12-6-9-1-2-10(12)5-9/h9-12H,1-8H2,(H,15,16). The highest BCUT2D eigenvalue weighted by molar-refractivity contribution is 5.67. The van der Waals surface area contributed by atoms with Crippen LogP contribution in [0.25, 0.3) is 0 Å². The molecule has 2 aliphatic carbocycles. The molecule has 0 radical (unpaired) electrons. The van der Waals surface area contributed by atoms with E-state index in [2.05, 4.69) is 4.90 Å². The zero-order valence-corrected chi connectivity index (χ0v) is 10.2. The van der Waals surface area contributed by atoms with Crippen LogP contribution in [0.5, 0.6) is 0 Å². The Morgan fingerprint density at radius 1 is 1.35 bits per heavy atom. The van der Waals surface area contributed by atoms with Crippen LogP contribution in [0.2, 0.25) is 0 Å². The maximum Gasteiger partial charge on any atom is 0.306 e. The average Bonchev–Trinajstić information content (AvgIpc) is 2.90. The Morgan fingerprint density at radius 3 is 2.88 bits per heavy atom. The molecule has 0 aromatic rings. The Labute approximate surface area is 102 Å². The van der Waals surface area contributed by atoms with Gasteiger partial charge in [-0.2, -0.15) is 0 Å². The number of carbonyl (C=O) groups is 1. The number of hydrogen-bond donors (Lipinski definition) is 1. The van der Waals surface area contributed by atoms with Crippen molar-refractivity contribution in [3.63, 3.8) is 0 Å². The van der Waals surface area contributed by atoms with Gasteiger partial charge in [0.1, 0.15) is 0 Å². The SMILES string of the molecule is O=C(O)CC1CN(C2CC3CCC2C3)CCO1. The van der Waals surface area contributed by atoms with Crippen LogP contribution in [0.3, 0.4) is 0 Å². The molecule has 3 rings (SSSR count). The fourth-order valence-electron chi connectivity index (χ4n) is 4.02. The van der Waals surface area contributed by atoms with E-state index >= 15 is 0 Å². The minimum absolute atomic E-state index is 0.0969. The first kappa shape index (κ1) is 11.5. The molecule has 4 heteroatoms. The number of nitrogens with zero attached hydrogens (tertiary/aromatic N) is 1. The highest BCUT2D eigenvalue weighted by atomic mass is 16.5. The first-order valence-corrected chi connectivity index (χ1v) is 6.80. The van der Waals surface area contributed by atoms with Gasteiger partial charge in [-0.15, -0.1) is 0 Å². The summed E-state index contributed by atoms with van der Waals surface area (Å²) in [5.41, 5.74) is 0. The molecule has 2 bridgehead atoms. The van der Waals surface area contributed by atoms with Crippen molar-refractivity contribution in [3.8, 4) is 0 Å². The largest absolute Gasteiger partial charge is 0.481 e. The summed E-state index contributed by atoms with van der Waals surface area (Å²) in [6.07, 6.45) is 5.61. The van der Waals surface area contributed by atoms with Gasteiger partial charge in [-0.3, -0.25) is 9.69 Å². The van der Waals surface area contributed by atoms with E-state index < -0.39 is 5.97 Å². The molecule has 0 aromatic carbocycles. The Bertz CT molecular complexity index is 307. The summed E-state index contributed by atoms with van der Waals surface area (Å²) in [6.45, 7) is 2.51. The van der Waals surface area contributed by atoms with E-state index in [1.807, 2.05) is 0 Å². The molecule has 4 nitrogen and oxygen atoms in total. The summed E-state index contributed by atoms with van der Waals surface area (Å²) in [4.78, 5) is 13.2. The number of carboxylic acids is 1.